The molecule has 0 unspecified atom stereocenters. The third-order valence-corrected chi connectivity index (χ3v) is 4.42. The van der Waals surface area contributed by atoms with E-state index in [1.165, 1.54) is 0 Å². The minimum absolute atomic E-state index is 0.0653. The second-order valence-electron chi connectivity index (χ2n) is 6.98. The van der Waals surface area contributed by atoms with Crippen molar-refractivity contribution in [3.05, 3.63) is 41.3 Å². The van der Waals surface area contributed by atoms with Crippen LogP contribution in [0.2, 0.25) is 0 Å². The van der Waals surface area contributed by atoms with E-state index in [4.69, 9.17) is 9.15 Å². The molecule has 0 aliphatic carbocycles. The maximum absolute atomic E-state index is 12.7. The molecule has 0 radical (unpaired) electrons. The predicted octanol–water partition coefficient (Wildman–Crippen LogP) is 3.14. The Labute approximate surface area is 142 Å². The molecular weight excluding hydrogens is 304 g/mol. The highest BCUT2D eigenvalue weighted by Gasteiger charge is 2.34. The molecule has 0 saturated carbocycles. The van der Waals surface area contributed by atoms with Crippen molar-refractivity contribution in [3.63, 3.8) is 0 Å². The zero-order valence-corrected chi connectivity index (χ0v) is 14.8. The molecule has 1 aliphatic heterocycles. The Morgan fingerprint density at radius 1 is 1.33 bits per heavy atom. The molecule has 1 aromatic carbocycles. The number of nitrogens with zero attached hydrogens (tertiary/aromatic N) is 2. The molecule has 0 spiro atoms. The lowest BCUT2D eigenvalue weighted by molar-refractivity contribution is -0.145. The second kappa shape index (κ2) is 6.40. The van der Waals surface area contributed by atoms with E-state index < -0.39 is 0 Å². The fraction of sp³-hybridized carbons (Fsp3) is 0.474. The van der Waals surface area contributed by atoms with Crippen molar-refractivity contribution in [1.82, 2.24) is 9.88 Å². The van der Waals surface area contributed by atoms with Crippen molar-refractivity contribution in [1.29, 1.82) is 0 Å². The topological polar surface area (TPSA) is 55.6 Å². The van der Waals surface area contributed by atoms with Crippen LogP contribution < -0.4 is 0 Å². The van der Waals surface area contributed by atoms with E-state index >= 15 is 0 Å². The summed E-state index contributed by atoms with van der Waals surface area (Å²) in [7, 11) is 0. The summed E-state index contributed by atoms with van der Waals surface area (Å²) in [6.07, 6.45) is 0.255. The third kappa shape index (κ3) is 3.36. The molecule has 1 aromatic heterocycles. The number of carbonyl (C=O) groups is 1. The van der Waals surface area contributed by atoms with Crippen LogP contribution in [0.5, 0.6) is 0 Å². The average molecular weight is 328 g/mol. The highest BCUT2D eigenvalue weighted by Crippen LogP contribution is 2.25. The van der Waals surface area contributed by atoms with Gasteiger partial charge in [0.05, 0.1) is 30.9 Å². The first-order chi connectivity index (χ1) is 11.4. The lowest BCUT2D eigenvalue weighted by atomic mass is 10.0. The number of aromatic nitrogens is 1. The lowest BCUT2D eigenvalue weighted by Gasteiger charge is -2.42. The lowest BCUT2D eigenvalue weighted by Crippen LogP contribution is -2.56. The minimum atomic E-state index is -0.285. The maximum Gasteiger partial charge on any atom is 0.229 e. The van der Waals surface area contributed by atoms with Crippen LogP contribution in [-0.4, -0.2) is 41.1 Å². The molecule has 1 amide bonds. The zero-order chi connectivity index (χ0) is 17.3. The standard InChI is InChI=1S/C19H24N2O3/c1-13-6-5-7-15(10-13)18-20-16(14(2)24-18)11-17(22)21-8-9-23-12-19(21,3)4/h5-7,10H,8-9,11-12H2,1-4H3. The summed E-state index contributed by atoms with van der Waals surface area (Å²) in [6, 6.07) is 8.01. The SMILES string of the molecule is Cc1cccc(-c2nc(CC(=O)N3CCOCC3(C)C)c(C)o2)c1. The molecule has 0 atom stereocenters. The van der Waals surface area contributed by atoms with Crippen molar-refractivity contribution < 1.29 is 13.9 Å². The second-order valence-corrected chi connectivity index (χ2v) is 6.98. The number of morpholine rings is 1. The Kier molecular flexibility index (Phi) is 4.45. The van der Waals surface area contributed by atoms with E-state index in [1.807, 2.05) is 56.9 Å². The van der Waals surface area contributed by atoms with E-state index in [0.717, 1.165) is 11.1 Å². The molecule has 5 nitrogen and oxygen atoms in total. The summed E-state index contributed by atoms with van der Waals surface area (Å²) in [5.74, 6) is 1.33. The number of rotatable bonds is 3. The highest BCUT2D eigenvalue weighted by molar-refractivity contribution is 5.79. The van der Waals surface area contributed by atoms with Gasteiger partial charge in [-0.15, -0.1) is 0 Å². The van der Waals surface area contributed by atoms with Crippen molar-refractivity contribution in [2.75, 3.05) is 19.8 Å². The van der Waals surface area contributed by atoms with Gasteiger partial charge in [0.15, 0.2) is 0 Å². The van der Waals surface area contributed by atoms with Gasteiger partial charge in [0.25, 0.3) is 0 Å². The summed E-state index contributed by atoms with van der Waals surface area (Å²) in [5.41, 5.74) is 2.50. The van der Waals surface area contributed by atoms with Gasteiger partial charge in [-0.25, -0.2) is 4.98 Å². The molecule has 2 aromatic rings. The molecule has 2 heterocycles. The Morgan fingerprint density at radius 3 is 2.83 bits per heavy atom. The number of aryl methyl sites for hydroxylation is 2. The van der Waals surface area contributed by atoms with Crippen molar-refractivity contribution in [2.45, 2.75) is 39.7 Å². The van der Waals surface area contributed by atoms with E-state index in [0.29, 0.717) is 37.1 Å². The summed E-state index contributed by atoms with van der Waals surface area (Å²) in [6.45, 7) is 9.71. The molecule has 128 valence electrons. The van der Waals surface area contributed by atoms with Crippen LogP contribution in [0, 0.1) is 13.8 Å². The minimum Gasteiger partial charge on any atom is -0.441 e. The first-order valence-corrected chi connectivity index (χ1v) is 8.28. The number of amides is 1. The van der Waals surface area contributed by atoms with Crippen LogP contribution in [0.25, 0.3) is 11.5 Å². The highest BCUT2D eigenvalue weighted by atomic mass is 16.5. The van der Waals surface area contributed by atoms with Gasteiger partial charge in [0, 0.05) is 12.1 Å². The van der Waals surface area contributed by atoms with Gasteiger partial charge in [-0.3, -0.25) is 4.79 Å². The van der Waals surface area contributed by atoms with Crippen molar-refractivity contribution >= 4 is 5.91 Å². The Morgan fingerprint density at radius 2 is 2.12 bits per heavy atom. The fourth-order valence-corrected chi connectivity index (χ4v) is 3.05. The van der Waals surface area contributed by atoms with Gasteiger partial charge in [0.1, 0.15) is 5.76 Å². The number of benzene rings is 1. The van der Waals surface area contributed by atoms with E-state index in [-0.39, 0.29) is 17.9 Å². The number of ether oxygens (including phenoxy) is 1. The summed E-state index contributed by atoms with van der Waals surface area (Å²) in [5, 5.41) is 0. The summed E-state index contributed by atoms with van der Waals surface area (Å²) in [4.78, 5) is 19.2. The molecule has 1 saturated heterocycles. The van der Waals surface area contributed by atoms with Crippen molar-refractivity contribution in [2.24, 2.45) is 0 Å². The predicted molar refractivity (Wildman–Crippen MR) is 91.7 cm³/mol. The fourth-order valence-electron chi connectivity index (χ4n) is 3.05. The van der Waals surface area contributed by atoms with Crippen molar-refractivity contribution in [3.8, 4) is 11.5 Å². The van der Waals surface area contributed by atoms with E-state index in [9.17, 15) is 4.79 Å². The summed E-state index contributed by atoms with van der Waals surface area (Å²) < 4.78 is 11.3. The van der Waals surface area contributed by atoms with Gasteiger partial charge in [0.2, 0.25) is 11.8 Å². The molecule has 5 heteroatoms. The number of hydrogen-bond acceptors (Lipinski definition) is 4. The molecule has 3 rings (SSSR count). The first kappa shape index (κ1) is 16.7. The van der Waals surface area contributed by atoms with Gasteiger partial charge >= 0.3 is 0 Å². The van der Waals surface area contributed by atoms with Crippen LogP contribution in [0.15, 0.2) is 28.7 Å². The Hall–Kier alpha value is -2.14. The van der Waals surface area contributed by atoms with Crippen LogP contribution >= 0.6 is 0 Å². The van der Waals surface area contributed by atoms with Gasteiger partial charge in [-0.05, 0) is 39.8 Å². The number of hydrogen-bond donors (Lipinski definition) is 0. The monoisotopic (exact) mass is 328 g/mol. The molecule has 0 N–H and O–H groups in total. The normalized spacial score (nSPS) is 17.1. The third-order valence-electron chi connectivity index (χ3n) is 4.42. The average Bonchev–Trinajstić information content (AvgIpc) is 2.88. The van der Waals surface area contributed by atoms with E-state index in [2.05, 4.69) is 4.98 Å². The van der Waals surface area contributed by atoms with Crippen LogP contribution in [-0.2, 0) is 16.0 Å². The van der Waals surface area contributed by atoms with Gasteiger partial charge in [-0.2, -0.15) is 0 Å². The first-order valence-electron chi connectivity index (χ1n) is 8.28. The van der Waals surface area contributed by atoms with E-state index in [1.54, 1.807) is 0 Å². The smallest absolute Gasteiger partial charge is 0.229 e. The van der Waals surface area contributed by atoms with Crippen LogP contribution in [0.1, 0.15) is 30.9 Å². The van der Waals surface area contributed by atoms with Gasteiger partial charge in [-0.1, -0.05) is 17.7 Å². The van der Waals surface area contributed by atoms with Crippen LogP contribution in [0.3, 0.4) is 0 Å². The number of carbonyl (C=O) groups excluding carboxylic acids is 1. The maximum atomic E-state index is 12.7. The Bertz CT molecular complexity index is 749. The molecular formula is C19H24N2O3. The summed E-state index contributed by atoms with van der Waals surface area (Å²) >= 11 is 0. The Balaban J connectivity index is 1.79. The quantitative estimate of drug-likeness (QED) is 0.868. The number of oxazole rings is 1. The molecule has 1 aliphatic rings. The molecule has 0 bridgehead atoms. The zero-order valence-electron chi connectivity index (χ0n) is 14.8. The molecule has 24 heavy (non-hydrogen) atoms. The molecule has 1 fully saturated rings. The van der Waals surface area contributed by atoms with Crippen LogP contribution in [0.4, 0.5) is 0 Å². The largest absolute Gasteiger partial charge is 0.441 e. The van der Waals surface area contributed by atoms with Gasteiger partial charge < -0.3 is 14.1 Å².